The molecular weight excluding hydrogens is 334 g/mol. The third kappa shape index (κ3) is 3.27. The second kappa shape index (κ2) is 7.16. The molecule has 0 unspecified atom stereocenters. The van der Waals surface area contributed by atoms with Gasteiger partial charge in [-0.1, -0.05) is 31.9 Å². The Kier molecular flexibility index (Phi) is 4.94. The molecule has 0 aromatic heterocycles. The average molecular weight is 355 g/mol. The van der Waals surface area contributed by atoms with Gasteiger partial charge in [0.05, 0.1) is 11.6 Å². The van der Waals surface area contributed by atoms with Crippen LogP contribution in [0.25, 0.3) is 0 Å². The number of nitrogens with one attached hydrogen (secondary N) is 1. The average Bonchev–Trinajstić information content (AvgIpc) is 2.88. The first-order valence-electron chi connectivity index (χ1n) is 8.75. The number of urea groups is 1. The number of carbonyl (C=O) groups excluding carboxylic acids is 3. The monoisotopic (exact) mass is 355 g/mol. The summed E-state index contributed by atoms with van der Waals surface area (Å²) in [6.45, 7) is 1.54. The zero-order valence-electron chi connectivity index (χ0n) is 14.7. The summed E-state index contributed by atoms with van der Waals surface area (Å²) in [5.41, 5.74) is 0.268. The lowest BCUT2D eigenvalue weighted by atomic mass is 9.73. The second-order valence-electron chi connectivity index (χ2n) is 6.91. The Balaban J connectivity index is 1.61. The summed E-state index contributed by atoms with van der Waals surface area (Å²) in [6.07, 6.45) is 3.39. The van der Waals surface area contributed by atoms with Gasteiger partial charge in [0.15, 0.2) is 0 Å². The van der Waals surface area contributed by atoms with E-state index in [2.05, 4.69) is 5.32 Å². The van der Waals surface area contributed by atoms with Gasteiger partial charge in [0, 0.05) is 0 Å². The normalized spacial score (nSPS) is 25.1. The molecule has 1 aliphatic heterocycles. The quantitative estimate of drug-likeness (QED) is 0.659. The van der Waals surface area contributed by atoms with Crippen LogP contribution in [-0.4, -0.2) is 34.9 Å². The topological polar surface area (TPSA) is 99.5 Å². The molecule has 7 heteroatoms. The molecule has 3 rings (SSSR count). The van der Waals surface area contributed by atoms with E-state index in [1.54, 1.807) is 24.3 Å². The van der Waals surface area contributed by atoms with Gasteiger partial charge in [-0.05, 0) is 36.5 Å². The van der Waals surface area contributed by atoms with Gasteiger partial charge in [-0.15, -0.1) is 0 Å². The van der Waals surface area contributed by atoms with E-state index in [0.29, 0.717) is 17.5 Å². The van der Waals surface area contributed by atoms with E-state index in [0.717, 1.165) is 24.2 Å². The minimum absolute atomic E-state index is 0.0143. The maximum atomic E-state index is 12.8. The summed E-state index contributed by atoms with van der Waals surface area (Å²) in [6, 6.07) is 8.20. The van der Waals surface area contributed by atoms with E-state index in [4.69, 9.17) is 10.00 Å². The van der Waals surface area contributed by atoms with Crippen LogP contribution in [0.2, 0.25) is 0 Å². The van der Waals surface area contributed by atoms with Crippen LogP contribution in [0.15, 0.2) is 24.3 Å². The largest absolute Gasteiger partial charge is 0.459 e. The molecule has 3 amide bonds. The van der Waals surface area contributed by atoms with Crippen LogP contribution >= 0.6 is 0 Å². The summed E-state index contributed by atoms with van der Waals surface area (Å²) in [5.74, 6) is -0.947. The number of esters is 1. The van der Waals surface area contributed by atoms with Crippen LogP contribution in [-0.2, 0) is 20.9 Å². The van der Waals surface area contributed by atoms with Gasteiger partial charge in [0.25, 0.3) is 5.91 Å². The van der Waals surface area contributed by atoms with Crippen LogP contribution < -0.4 is 5.32 Å². The number of imide groups is 1. The van der Waals surface area contributed by atoms with Crippen molar-refractivity contribution in [3.8, 4) is 6.07 Å². The Morgan fingerprint density at radius 3 is 2.96 bits per heavy atom. The molecule has 2 atom stereocenters. The van der Waals surface area contributed by atoms with Crippen molar-refractivity contribution in [3.05, 3.63) is 35.4 Å². The standard InChI is InChI=1S/C19H21N3O4/c1-13-5-2-3-8-19(13)17(24)22(18(25)21-19)11-16(23)26-12-15-7-4-6-14(9-15)10-20/h4,6-7,9,13H,2-3,5,8,11-12H2,1H3,(H,21,25)/t13-,19+/m1/s1. The van der Waals surface area contributed by atoms with Gasteiger partial charge < -0.3 is 10.1 Å². The summed E-state index contributed by atoms with van der Waals surface area (Å²) < 4.78 is 5.17. The highest BCUT2D eigenvalue weighted by atomic mass is 16.5. The van der Waals surface area contributed by atoms with E-state index in [1.807, 2.05) is 13.0 Å². The van der Waals surface area contributed by atoms with Gasteiger partial charge in [-0.2, -0.15) is 5.26 Å². The van der Waals surface area contributed by atoms with Crippen molar-refractivity contribution in [1.29, 1.82) is 5.26 Å². The maximum absolute atomic E-state index is 12.8. The van der Waals surface area contributed by atoms with Crippen molar-refractivity contribution < 1.29 is 19.1 Å². The number of carbonyl (C=O) groups is 3. The van der Waals surface area contributed by atoms with Gasteiger partial charge >= 0.3 is 12.0 Å². The molecule has 7 nitrogen and oxygen atoms in total. The third-order valence-electron chi connectivity index (χ3n) is 5.24. The summed E-state index contributed by atoms with van der Waals surface area (Å²) in [4.78, 5) is 38.1. The Morgan fingerprint density at radius 2 is 2.23 bits per heavy atom. The zero-order valence-corrected chi connectivity index (χ0v) is 14.7. The number of nitrogens with zero attached hydrogens (tertiary/aromatic N) is 2. The SMILES string of the molecule is C[C@@H]1CCCC[C@]12NC(=O)N(CC(=O)OCc1cccc(C#N)c1)C2=O. The summed E-state index contributed by atoms with van der Waals surface area (Å²) >= 11 is 0. The van der Waals surface area contributed by atoms with Gasteiger partial charge in [-0.25, -0.2) is 4.79 Å². The highest BCUT2D eigenvalue weighted by Gasteiger charge is 2.55. The second-order valence-corrected chi connectivity index (χ2v) is 6.91. The Morgan fingerprint density at radius 1 is 1.42 bits per heavy atom. The van der Waals surface area contributed by atoms with Gasteiger partial charge in [0.1, 0.15) is 18.7 Å². The smallest absolute Gasteiger partial charge is 0.326 e. The molecule has 1 spiro atoms. The number of hydrogen-bond acceptors (Lipinski definition) is 5. The number of amides is 3. The Labute approximate surface area is 151 Å². The molecule has 2 aliphatic rings. The molecular formula is C19H21N3O4. The first kappa shape index (κ1) is 17.9. The highest BCUT2D eigenvalue weighted by Crippen LogP contribution is 2.38. The van der Waals surface area contributed by atoms with Crippen molar-refractivity contribution >= 4 is 17.9 Å². The molecule has 136 valence electrons. The lowest BCUT2D eigenvalue weighted by Crippen LogP contribution is -2.54. The van der Waals surface area contributed by atoms with Gasteiger partial charge in [-0.3, -0.25) is 14.5 Å². The fourth-order valence-electron chi connectivity index (χ4n) is 3.71. The molecule has 1 heterocycles. The molecule has 1 aromatic rings. The Bertz CT molecular complexity index is 785. The molecule has 1 aromatic carbocycles. The highest BCUT2D eigenvalue weighted by molar-refractivity contribution is 6.08. The zero-order chi connectivity index (χ0) is 18.7. The fourth-order valence-corrected chi connectivity index (χ4v) is 3.71. The minimum atomic E-state index is -0.878. The molecule has 1 saturated carbocycles. The van der Waals surface area contributed by atoms with Crippen LogP contribution in [0, 0.1) is 17.2 Å². The third-order valence-corrected chi connectivity index (χ3v) is 5.24. The van der Waals surface area contributed by atoms with Crippen molar-refractivity contribution in [3.63, 3.8) is 0 Å². The predicted molar refractivity (Wildman–Crippen MR) is 91.6 cm³/mol. The van der Waals surface area contributed by atoms with E-state index in [1.165, 1.54) is 0 Å². The van der Waals surface area contributed by atoms with Crippen molar-refractivity contribution in [2.45, 2.75) is 44.8 Å². The lowest BCUT2D eigenvalue weighted by molar-refractivity contribution is -0.149. The van der Waals surface area contributed by atoms with E-state index < -0.39 is 24.1 Å². The van der Waals surface area contributed by atoms with Crippen LogP contribution in [0.5, 0.6) is 0 Å². The number of hydrogen-bond donors (Lipinski definition) is 1. The van der Waals surface area contributed by atoms with Crippen LogP contribution in [0.1, 0.15) is 43.7 Å². The molecule has 1 N–H and O–H groups in total. The molecule has 0 bridgehead atoms. The fraction of sp³-hybridized carbons (Fsp3) is 0.474. The Hall–Kier alpha value is -2.88. The van der Waals surface area contributed by atoms with E-state index in [9.17, 15) is 14.4 Å². The molecule has 26 heavy (non-hydrogen) atoms. The molecule has 1 aliphatic carbocycles. The van der Waals surface area contributed by atoms with E-state index in [-0.39, 0.29) is 18.4 Å². The molecule has 1 saturated heterocycles. The first-order chi connectivity index (χ1) is 12.5. The van der Waals surface area contributed by atoms with Crippen molar-refractivity contribution in [2.24, 2.45) is 5.92 Å². The number of nitriles is 1. The summed E-state index contributed by atoms with van der Waals surface area (Å²) in [5, 5.41) is 11.7. The molecule has 2 fully saturated rings. The number of ether oxygens (including phenoxy) is 1. The summed E-state index contributed by atoms with van der Waals surface area (Å²) in [7, 11) is 0. The maximum Gasteiger partial charge on any atom is 0.326 e. The lowest BCUT2D eigenvalue weighted by Gasteiger charge is -2.36. The van der Waals surface area contributed by atoms with Crippen LogP contribution in [0.3, 0.4) is 0 Å². The first-order valence-corrected chi connectivity index (χ1v) is 8.75. The molecule has 0 radical (unpaired) electrons. The van der Waals surface area contributed by atoms with E-state index >= 15 is 0 Å². The van der Waals surface area contributed by atoms with Gasteiger partial charge in [0.2, 0.25) is 0 Å². The number of benzene rings is 1. The minimum Gasteiger partial charge on any atom is -0.459 e. The number of rotatable bonds is 4. The van der Waals surface area contributed by atoms with Crippen molar-refractivity contribution in [2.75, 3.05) is 6.54 Å². The van der Waals surface area contributed by atoms with Crippen LogP contribution in [0.4, 0.5) is 4.79 Å². The predicted octanol–water partition coefficient (Wildman–Crippen LogP) is 2.10. The van der Waals surface area contributed by atoms with Crippen molar-refractivity contribution in [1.82, 2.24) is 10.2 Å².